The summed E-state index contributed by atoms with van der Waals surface area (Å²) in [5, 5.41) is 0. The summed E-state index contributed by atoms with van der Waals surface area (Å²) in [6.45, 7) is 8.65. The van der Waals surface area contributed by atoms with Crippen molar-refractivity contribution in [3.05, 3.63) is 11.6 Å². The molecule has 0 heterocycles. The molecule has 0 aromatic carbocycles. The molecule has 0 spiro atoms. The predicted molar refractivity (Wildman–Crippen MR) is 48.4 cm³/mol. The van der Waals surface area contributed by atoms with Crippen LogP contribution in [-0.2, 0) is 0 Å². The molecule has 0 bridgehead atoms. The molecule has 12 heavy (non-hydrogen) atoms. The topological polar surface area (TPSA) is 0 Å². The van der Waals surface area contributed by atoms with Gasteiger partial charge >= 0.3 is 0 Å². The minimum absolute atomic E-state index is 0.203. The first-order valence-electron chi connectivity index (χ1n) is 4.34. The van der Waals surface area contributed by atoms with E-state index in [9.17, 15) is 8.78 Å². The first-order chi connectivity index (χ1) is 5.27. The molecule has 0 radical (unpaired) electrons. The summed E-state index contributed by atoms with van der Waals surface area (Å²) in [6, 6.07) is 0. The van der Waals surface area contributed by atoms with E-state index in [2.05, 4.69) is 0 Å². The molecule has 0 rings (SSSR count). The molecular weight excluding hydrogens is 158 g/mol. The van der Waals surface area contributed by atoms with Crippen LogP contribution in [0, 0.1) is 11.8 Å². The van der Waals surface area contributed by atoms with Gasteiger partial charge in [-0.2, -0.15) is 0 Å². The minimum Gasteiger partial charge on any atom is -0.202 e. The molecular formula is C10H18F2. The monoisotopic (exact) mass is 176 g/mol. The standard InChI is InChI=1S/C10H18F2/c1-7(2)9(5)6-10(11,12)8(3)4/h6-8H,1-5H3/b9-6-. The second-order valence-electron chi connectivity index (χ2n) is 3.87. The normalized spacial score (nSPS) is 14.6. The highest BCUT2D eigenvalue weighted by Gasteiger charge is 2.30. The predicted octanol–water partition coefficient (Wildman–Crippen LogP) is 3.88. The van der Waals surface area contributed by atoms with E-state index in [0.29, 0.717) is 0 Å². The molecule has 0 saturated heterocycles. The molecule has 2 heteroatoms. The summed E-state index contributed by atoms with van der Waals surface area (Å²) in [4.78, 5) is 0. The fourth-order valence-corrected chi connectivity index (χ4v) is 0.637. The van der Waals surface area contributed by atoms with E-state index in [-0.39, 0.29) is 5.92 Å². The molecule has 72 valence electrons. The van der Waals surface area contributed by atoms with E-state index in [0.717, 1.165) is 11.6 Å². The highest BCUT2D eigenvalue weighted by Crippen LogP contribution is 2.28. The van der Waals surface area contributed by atoms with Gasteiger partial charge in [0.2, 0.25) is 0 Å². The molecule has 0 unspecified atom stereocenters. The van der Waals surface area contributed by atoms with Crippen LogP contribution in [0.4, 0.5) is 8.78 Å². The van der Waals surface area contributed by atoms with Crippen molar-refractivity contribution in [2.45, 2.75) is 40.5 Å². The van der Waals surface area contributed by atoms with Crippen molar-refractivity contribution in [3.63, 3.8) is 0 Å². The van der Waals surface area contributed by atoms with Crippen molar-refractivity contribution in [3.8, 4) is 0 Å². The van der Waals surface area contributed by atoms with E-state index in [1.807, 2.05) is 13.8 Å². The molecule has 0 aliphatic heterocycles. The lowest BCUT2D eigenvalue weighted by Gasteiger charge is -2.18. The van der Waals surface area contributed by atoms with Crippen LogP contribution in [0.3, 0.4) is 0 Å². The number of hydrogen-bond acceptors (Lipinski definition) is 0. The second kappa shape index (κ2) is 4.01. The molecule has 0 nitrogen and oxygen atoms in total. The highest BCUT2D eigenvalue weighted by atomic mass is 19.3. The van der Waals surface area contributed by atoms with Gasteiger partial charge in [0.05, 0.1) is 0 Å². The number of hydrogen-bond donors (Lipinski definition) is 0. The third-order valence-electron chi connectivity index (χ3n) is 2.10. The Labute approximate surface area is 73.7 Å². The van der Waals surface area contributed by atoms with Crippen molar-refractivity contribution in [2.75, 3.05) is 0 Å². The van der Waals surface area contributed by atoms with Gasteiger partial charge in [-0.3, -0.25) is 0 Å². The van der Waals surface area contributed by atoms with Crippen LogP contribution in [0.2, 0.25) is 0 Å². The summed E-state index contributed by atoms with van der Waals surface area (Å²) in [7, 11) is 0. The maximum Gasteiger partial charge on any atom is 0.268 e. The molecule has 0 saturated carbocycles. The molecule has 0 fully saturated rings. The lowest BCUT2D eigenvalue weighted by molar-refractivity contribution is 0.00507. The third-order valence-corrected chi connectivity index (χ3v) is 2.10. The van der Waals surface area contributed by atoms with Crippen molar-refractivity contribution in [2.24, 2.45) is 11.8 Å². The zero-order chi connectivity index (χ0) is 9.94. The maximum absolute atomic E-state index is 13.1. The third kappa shape index (κ3) is 3.33. The van der Waals surface area contributed by atoms with Gasteiger partial charge in [0, 0.05) is 5.92 Å². The number of allylic oxidation sites excluding steroid dienone is 2. The van der Waals surface area contributed by atoms with Gasteiger partial charge < -0.3 is 0 Å². The Kier molecular flexibility index (Phi) is 3.88. The van der Waals surface area contributed by atoms with Crippen LogP contribution in [-0.4, -0.2) is 5.92 Å². The van der Waals surface area contributed by atoms with Crippen molar-refractivity contribution in [1.29, 1.82) is 0 Å². The Morgan fingerprint density at radius 1 is 1.17 bits per heavy atom. The van der Waals surface area contributed by atoms with Gasteiger partial charge in [0.15, 0.2) is 0 Å². The smallest absolute Gasteiger partial charge is 0.202 e. The molecule has 0 N–H and O–H groups in total. The van der Waals surface area contributed by atoms with Crippen LogP contribution >= 0.6 is 0 Å². The number of rotatable bonds is 3. The van der Waals surface area contributed by atoms with E-state index in [4.69, 9.17) is 0 Å². The fraction of sp³-hybridized carbons (Fsp3) is 0.800. The van der Waals surface area contributed by atoms with Crippen LogP contribution in [0.25, 0.3) is 0 Å². The van der Waals surface area contributed by atoms with Gasteiger partial charge in [-0.25, -0.2) is 8.78 Å². The van der Waals surface area contributed by atoms with Gasteiger partial charge in [-0.1, -0.05) is 33.3 Å². The summed E-state index contributed by atoms with van der Waals surface area (Å²) >= 11 is 0. The van der Waals surface area contributed by atoms with Gasteiger partial charge in [0.1, 0.15) is 0 Å². The lowest BCUT2D eigenvalue weighted by Crippen LogP contribution is -2.21. The Morgan fingerprint density at radius 3 is 1.83 bits per heavy atom. The minimum atomic E-state index is -2.66. The summed E-state index contributed by atoms with van der Waals surface area (Å²) in [6.07, 6.45) is 1.09. The van der Waals surface area contributed by atoms with Crippen LogP contribution in [0.5, 0.6) is 0 Å². The van der Waals surface area contributed by atoms with Crippen LogP contribution in [0.1, 0.15) is 34.6 Å². The van der Waals surface area contributed by atoms with E-state index in [1.54, 1.807) is 6.92 Å². The molecule has 0 aromatic rings. The zero-order valence-corrected chi connectivity index (χ0v) is 8.49. The molecule has 0 aliphatic rings. The highest BCUT2D eigenvalue weighted by molar-refractivity contribution is 5.08. The second-order valence-corrected chi connectivity index (χ2v) is 3.87. The van der Waals surface area contributed by atoms with E-state index >= 15 is 0 Å². The van der Waals surface area contributed by atoms with Gasteiger partial charge in [-0.15, -0.1) is 0 Å². The van der Waals surface area contributed by atoms with Crippen LogP contribution < -0.4 is 0 Å². The number of alkyl halides is 2. The van der Waals surface area contributed by atoms with E-state index in [1.165, 1.54) is 13.8 Å². The Bertz CT molecular complexity index is 167. The SMILES string of the molecule is C/C(=C/C(F)(F)C(C)C)C(C)C. The van der Waals surface area contributed by atoms with Gasteiger partial charge in [0.25, 0.3) is 5.92 Å². The van der Waals surface area contributed by atoms with Crippen LogP contribution in [0.15, 0.2) is 11.6 Å². The Morgan fingerprint density at radius 2 is 1.58 bits per heavy atom. The van der Waals surface area contributed by atoms with Crippen molar-refractivity contribution in [1.82, 2.24) is 0 Å². The maximum atomic E-state index is 13.1. The van der Waals surface area contributed by atoms with E-state index < -0.39 is 11.8 Å². The molecule has 0 amide bonds. The summed E-state index contributed by atoms with van der Waals surface area (Å²) in [5.74, 6) is -3.07. The molecule has 0 aliphatic carbocycles. The Hall–Kier alpha value is -0.400. The molecule has 0 atom stereocenters. The number of halogens is 2. The summed E-state index contributed by atoms with van der Waals surface area (Å²) < 4.78 is 26.2. The first-order valence-corrected chi connectivity index (χ1v) is 4.34. The molecule has 0 aromatic heterocycles. The fourth-order valence-electron chi connectivity index (χ4n) is 0.637. The largest absolute Gasteiger partial charge is 0.268 e. The quantitative estimate of drug-likeness (QED) is 0.572. The van der Waals surface area contributed by atoms with Gasteiger partial charge in [-0.05, 0) is 18.9 Å². The average Bonchev–Trinajstić information content (AvgIpc) is 1.85. The summed E-state index contributed by atoms with van der Waals surface area (Å²) in [5.41, 5.74) is 0.758. The van der Waals surface area contributed by atoms with Crippen molar-refractivity contribution < 1.29 is 8.78 Å². The average molecular weight is 176 g/mol. The zero-order valence-electron chi connectivity index (χ0n) is 8.49. The first kappa shape index (κ1) is 11.6. The van der Waals surface area contributed by atoms with Crippen molar-refractivity contribution >= 4 is 0 Å². The Balaban J connectivity index is 4.50. The lowest BCUT2D eigenvalue weighted by atomic mass is 9.98.